The second-order valence-corrected chi connectivity index (χ2v) is 10.5. The molecule has 0 spiro atoms. The molecule has 32 heavy (non-hydrogen) atoms. The first kappa shape index (κ1) is 22.5. The van der Waals surface area contributed by atoms with E-state index in [0.717, 1.165) is 50.5 Å². The molecule has 2 saturated heterocycles. The maximum absolute atomic E-state index is 14.4. The molecular weight excluding hydrogens is 431 g/mol. The lowest BCUT2D eigenvalue weighted by molar-refractivity contribution is -0.130. The fourth-order valence-electron chi connectivity index (χ4n) is 4.45. The van der Waals surface area contributed by atoms with Gasteiger partial charge in [-0.1, -0.05) is 13.0 Å². The first-order chi connectivity index (χ1) is 15.3. The van der Waals surface area contributed by atoms with Crippen LogP contribution in [0.2, 0.25) is 0 Å². The fraction of sp³-hybridized carbons (Fsp3) is 0.478. The van der Waals surface area contributed by atoms with Crippen molar-refractivity contribution in [2.75, 3.05) is 36.1 Å². The van der Waals surface area contributed by atoms with Crippen LogP contribution in [0, 0.1) is 5.82 Å². The molecule has 172 valence electrons. The van der Waals surface area contributed by atoms with Crippen LogP contribution in [0.25, 0.3) is 0 Å². The van der Waals surface area contributed by atoms with Crippen LogP contribution in [0.15, 0.2) is 41.4 Å². The number of anilines is 2. The summed E-state index contributed by atoms with van der Waals surface area (Å²) in [5, 5.41) is 2.97. The largest absolute Gasteiger partial charge is 0.371 e. The van der Waals surface area contributed by atoms with E-state index in [1.165, 1.54) is 17.7 Å². The van der Waals surface area contributed by atoms with Gasteiger partial charge in [0.1, 0.15) is 17.7 Å². The molecule has 0 aliphatic carbocycles. The van der Waals surface area contributed by atoms with Crippen LogP contribution in [-0.2, 0) is 21.1 Å². The third-order valence-corrected chi connectivity index (χ3v) is 7.50. The SMILES string of the molecule is CCc1ccc(N2CCC(N3CCC(Nc4ccc(S(C)(=O)=O)cc4F)C3=O)CC2)nc1. The summed E-state index contributed by atoms with van der Waals surface area (Å²) in [5.41, 5.74) is 1.36. The van der Waals surface area contributed by atoms with E-state index >= 15 is 0 Å². The molecule has 1 N–H and O–H groups in total. The Bertz CT molecular complexity index is 1080. The highest BCUT2D eigenvalue weighted by molar-refractivity contribution is 7.90. The van der Waals surface area contributed by atoms with E-state index in [1.54, 1.807) is 0 Å². The number of halogens is 1. The molecule has 2 fully saturated rings. The number of sulfone groups is 1. The molecule has 1 aromatic heterocycles. The van der Waals surface area contributed by atoms with Crippen molar-refractivity contribution in [3.8, 4) is 0 Å². The maximum Gasteiger partial charge on any atom is 0.245 e. The monoisotopic (exact) mass is 460 g/mol. The molecule has 2 aliphatic heterocycles. The summed E-state index contributed by atoms with van der Waals surface area (Å²) in [5.74, 6) is 0.274. The Labute approximate surface area is 188 Å². The number of amides is 1. The quantitative estimate of drug-likeness (QED) is 0.714. The average Bonchev–Trinajstić information content (AvgIpc) is 3.14. The minimum atomic E-state index is -3.48. The molecule has 0 radical (unpaired) electrons. The van der Waals surface area contributed by atoms with Gasteiger partial charge >= 0.3 is 0 Å². The van der Waals surface area contributed by atoms with Gasteiger partial charge in [-0.25, -0.2) is 17.8 Å². The van der Waals surface area contributed by atoms with Gasteiger partial charge in [0, 0.05) is 38.1 Å². The summed E-state index contributed by atoms with van der Waals surface area (Å²) in [4.78, 5) is 21.6. The van der Waals surface area contributed by atoms with Crippen molar-refractivity contribution in [2.24, 2.45) is 0 Å². The molecule has 9 heteroatoms. The summed E-state index contributed by atoms with van der Waals surface area (Å²) in [6.07, 6.45) is 6.25. The Balaban J connectivity index is 1.35. The molecule has 3 heterocycles. The Kier molecular flexibility index (Phi) is 6.37. The van der Waals surface area contributed by atoms with Crippen LogP contribution < -0.4 is 10.2 Å². The Hall–Kier alpha value is -2.68. The van der Waals surface area contributed by atoms with Crippen molar-refractivity contribution in [3.63, 3.8) is 0 Å². The van der Waals surface area contributed by atoms with Gasteiger partial charge in [-0.2, -0.15) is 0 Å². The minimum Gasteiger partial charge on any atom is -0.371 e. The topological polar surface area (TPSA) is 82.6 Å². The molecule has 1 atom stereocenters. The Morgan fingerprint density at radius 1 is 1.12 bits per heavy atom. The second-order valence-electron chi connectivity index (χ2n) is 8.53. The lowest BCUT2D eigenvalue weighted by Crippen LogP contribution is -2.47. The number of piperidine rings is 1. The third-order valence-electron chi connectivity index (χ3n) is 6.38. The van der Waals surface area contributed by atoms with Crippen LogP contribution in [0.5, 0.6) is 0 Å². The number of carbonyl (C=O) groups excluding carboxylic acids is 1. The van der Waals surface area contributed by atoms with Crippen molar-refractivity contribution in [1.82, 2.24) is 9.88 Å². The van der Waals surface area contributed by atoms with Crippen LogP contribution in [0.1, 0.15) is 31.7 Å². The molecule has 1 amide bonds. The zero-order chi connectivity index (χ0) is 22.9. The number of benzene rings is 1. The molecule has 7 nitrogen and oxygen atoms in total. The highest BCUT2D eigenvalue weighted by atomic mass is 32.2. The highest BCUT2D eigenvalue weighted by Gasteiger charge is 2.37. The van der Waals surface area contributed by atoms with Gasteiger partial charge in [0.15, 0.2) is 9.84 Å². The molecule has 1 unspecified atom stereocenters. The lowest BCUT2D eigenvalue weighted by atomic mass is 10.0. The molecule has 1 aromatic carbocycles. The van der Waals surface area contributed by atoms with Crippen molar-refractivity contribution >= 4 is 27.2 Å². The van der Waals surface area contributed by atoms with E-state index in [-0.39, 0.29) is 22.5 Å². The molecule has 0 saturated carbocycles. The standard InChI is InChI=1S/C23H29FN4O3S/c1-3-16-4-7-22(25-15-16)27-11-8-17(9-12-27)28-13-10-21(23(28)29)26-20-6-5-18(14-19(20)24)32(2,30)31/h4-7,14-15,17,21,26H,3,8-13H2,1-2H3. The number of hydrogen-bond donors (Lipinski definition) is 1. The lowest BCUT2D eigenvalue weighted by Gasteiger charge is -2.37. The number of aryl methyl sites for hydroxylation is 1. The number of rotatable bonds is 6. The van der Waals surface area contributed by atoms with E-state index in [9.17, 15) is 17.6 Å². The molecule has 4 rings (SSSR count). The summed E-state index contributed by atoms with van der Waals surface area (Å²) in [7, 11) is -3.48. The molecule has 2 aromatic rings. The number of carbonyl (C=O) groups is 1. The van der Waals surface area contributed by atoms with E-state index in [1.807, 2.05) is 11.1 Å². The normalized spacial score (nSPS) is 20.1. The van der Waals surface area contributed by atoms with Crippen molar-refractivity contribution in [3.05, 3.63) is 47.9 Å². The van der Waals surface area contributed by atoms with Crippen molar-refractivity contribution in [1.29, 1.82) is 0 Å². The van der Waals surface area contributed by atoms with Gasteiger partial charge in [-0.05, 0) is 55.5 Å². The number of pyridine rings is 1. The first-order valence-electron chi connectivity index (χ1n) is 11.0. The average molecular weight is 461 g/mol. The smallest absolute Gasteiger partial charge is 0.245 e. The van der Waals surface area contributed by atoms with Gasteiger partial charge in [0.25, 0.3) is 0 Å². The summed E-state index contributed by atoms with van der Waals surface area (Å²) in [6.45, 7) is 4.42. The van der Waals surface area contributed by atoms with Crippen molar-refractivity contribution in [2.45, 2.75) is 49.6 Å². The van der Waals surface area contributed by atoms with Gasteiger partial charge < -0.3 is 15.1 Å². The van der Waals surface area contributed by atoms with Gasteiger partial charge in [-0.15, -0.1) is 0 Å². The van der Waals surface area contributed by atoms with E-state index in [4.69, 9.17) is 0 Å². The zero-order valence-corrected chi connectivity index (χ0v) is 19.2. The minimum absolute atomic E-state index is 0.0273. The first-order valence-corrected chi connectivity index (χ1v) is 12.9. The second kappa shape index (κ2) is 9.05. The fourth-order valence-corrected chi connectivity index (χ4v) is 5.08. The van der Waals surface area contributed by atoms with Gasteiger partial charge in [-0.3, -0.25) is 4.79 Å². The number of nitrogens with zero attached hydrogens (tertiary/aromatic N) is 3. The number of hydrogen-bond acceptors (Lipinski definition) is 6. The van der Waals surface area contributed by atoms with Gasteiger partial charge in [0.2, 0.25) is 5.91 Å². The van der Waals surface area contributed by atoms with E-state index in [0.29, 0.717) is 13.0 Å². The zero-order valence-electron chi connectivity index (χ0n) is 18.4. The van der Waals surface area contributed by atoms with Crippen LogP contribution in [0.4, 0.5) is 15.9 Å². The number of aromatic nitrogens is 1. The summed E-state index contributed by atoms with van der Waals surface area (Å²) < 4.78 is 37.6. The maximum atomic E-state index is 14.4. The van der Waals surface area contributed by atoms with Crippen LogP contribution in [-0.4, -0.2) is 62.2 Å². The number of nitrogens with one attached hydrogen (secondary N) is 1. The molecular formula is C23H29FN4O3S. The van der Waals surface area contributed by atoms with Crippen molar-refractivity contribution < 1.29 is 17.6 Å². The Morgan fingerprint density at radius 3 is 2.47 bits per heavy atom. The van der Waals surface area contributed by atoms with E-state index < -0.39 is 21.7 Å². The molecule has 2 aliphatic rings. The predicted molar refractivity (Wildman–Crippen MR) is 122 cm³/mol. The number of likely N-dealkylation sites (tertiary alicyclic amines) is 1. The summed E-state index contributed by atoms with van der Waals surface area (Å²) in [6, 6.07) is 7.56. The predicted octanol–water partition coefficient (Wildman–Crippen LogP) is 2.87. The van der Waals surface area contributed by atoms with Crippen LogP contribution in [0.3, 0.4) is 0 Å². The van der Waals surface area contributed by atoms with Crippen LogP contribution >= 0.6 is 0 Å². The van der Waals surface area contributed by atoms with E-state index in [2.05, 4.69) is 34.3 Å². The molecule has 0 bridgehead atoms. The third kappa shape index (κ3) is 4.72. The Morgan fingerprint density at radius 2 is 1.88 bits per heavy atom. The summed E-state index contributed by atoms with van der Waals surface area (Å²) >= 11 is 0. The van der Waals surface area contributed by atoms with Gasteiger partial charge in [0.05, 0.1) is 10.6 Å². The highest BCUT2D eigenvalue weighted by Crippen LogP contribution is 2.27.